The third kappa shape index (κ3) is 19.3. The molecule has 2 aromatic rings. The first kappa shape index (κ1) is 53.3. The number of ketones is 1. The van der Waals surface area contributed by atoms with Gasteiger partial charge in [-0.25, -0.2) is 0 Å². The van der Waals surface area contributed by atoms with Gasteiger partial charge in [0.15, 0.2) is 0 Å². The molecule has 1 N–H and O–H groups in total. The van der Waals surface area contributed by atoms with E-state index >= 15 is 0 Å². The Balaban J connectivity index is 0.000000277. The topological polar surface area (TPSA) is 88.5 Å². The molecule has 338 valence electrons. The number of amides is 1. The molecule has 3 heterocycles. The molecule has 2 atom stereocenters. The molecule has 5 aliphatic rings. The van der Waals surface area contributed by atoms with Crippen LogP contribution in [0.3, 0.4) is 0 Å². The van der Waals surface area contributed by atoms with E-state index in [9.17, 15) is 41.0 Å². The van der Waals surface area contributed by atoms with Crippen molar-refractivity contribution >= 4 is 34.3 Å². The maximum absolute atomic E-state index is 12.7. The third-order valence-corrected chi connectivity index (χ3v) is 11.8. The fourth-order valence-electron chi connectivity index (χ4n) is 8.41. The van der Waals surface area contributed by atoms with Crippen molar-refractivity contribution in [3.8, 4) is 11.5 Å². The number of carbonyl (C=O) groups is 2. The molecule has 0 aromatic heterocycles. The molecular weight excluding hydrogens is 912 g/mol. The molecule has 5 fully saturated rings. The zero-order valence-electron chi connectivity index (χ0n) is 35.5. The van der Waals surface area contributed by atoms with Gasteiger partial charge in [-0.05, 0) is 138 Å². The fourth-order valence-corrected chi connectivity index (χ4v) is 8.41. The molecule has 0 bridgehead atoms. The molecule has 7 rings (SSSR count). The third-order valence-electron chi connectivity index (χ3n) is 11.8. The maximum atomic E-state index is 12.7. The van der Waals surface area contributed by atoms with E-state index in [0.717, 1.165) is 115 Å². The minimum absolute atomic E-state index is 0. The predicted octanol–water partition coefficient (Wildman–Crippen LogP) is 7.44. The second-order valence-corrected chi connectivity index (χ2v) is 16.5. The number of likely N-dealkylation sites (tertiary alicyclic amines) is 2. The predicted molar refractivity (Wildman–Crippen MR) is 227 cm³/mol. The van der Waals surface area contributed by atoms with Gasteiger partial charge in [-0.15, -0.1) is 0 Å². The quantitative estimate of drug-likeness (QED) is 0.121. The van der Waals surface area contributed by atoms with Crippen LogP contribution in [0.2, 0.25) is 0 Å². The number of benzene rings is 2. The van der Waals surface area contributed by atoms with Gasteiger partial charge in [-0.2, -0.15) is 26.3 Å². The summed E-state index contributed by atoms with van der Waals surface area (Å²) >= 11 is 1.90. The first-order chi connectivity index (χ1) is 28.7. The number of aliphatic hydroxyl groups excluding tert-OH is 1. The number of Topliss-reactive ketones (excluding diaryl/α,β-unsaturated/α-hetero) is 1. The normalized spacial score (nSPS) is 23.8. The Bertz CT molecular complexity index is 1520. The largest absolute Gasteiger partial charge is 1.00 e. The summed E-state index contributed by atoms with van der Waals surface area (Å²) in [6, 6.07) is 9.61. The molecule has 16 heteroatoms. The van der Waals surface area contributed by atoms with Crippen LogP contribution < -0.4 is 28.3 Å². The van der Waals surface area contributed by atoms with E-state index in [2.05, 4.69) is 9.83 Å². The second-order valence-electron chi connectivity index (χ2n) is 16.5. The number of aliphatic hydroxyl groups is 1. The molecule has 2 saturated carbocycles. The summed E-state index contributed by atoms with van der Waals surface area (Å²) in [5.74, 6) is 2.46. The minimum atomic E-state index is -4.35. The van der Waals surface area contributed by atoms with Crippen LogP contribution >= 0.6 is 22.6 Å². The smallest absolute Gasteiger partial charge is 0.493 e. The second kappa shape index (κ2) is 27.3. The summed E-state index contributed by atoms with van der Waals surface area (Å²) < 4.78 is 91.9. The van der Waals surface area contributed by atoms with Crippen molar-refractivity contribution in [1.82, 2.24) is 9.80 Å². The van der Waals surface area contributed by atoms with Crippen molar-refractivity contribution in [1.29, 1.82) is 0 Å². The first-order valence-electron chi connectivity index (χ1n) is 21.4. The summed E-state index contributed by atoms with van der Waals surface area (Å²) in [4.78, 5) is 31.6. The van der Waals surface area contributed by atoms with Crippen molar-refractivity contribution in [2.45, 2.75) is 108 Å². The summed E-state index contributed by atoms with van der Waals surface area (Å²) in [7, 11) is 0. The number of alkyl halides is 6. The van der Waals surface area contributed by atoms with Gasteiger partial charge >= 0.3 is 31.2 Å². The van der Waals surface area contributed by atoms with Crippen molar-refractivity contribution in [2.75, 3.05) is 59.2 Å². The van der Waals surface area contributed by atoms with Crippen molar-refractivity contribution in [3.05, 3.63) is 64.6 Å². The van der Waals surface area contributed by atoms with Crippen LogP contribution in [0.25, 0.3) is 0 Å². The van der Waals surface area contributed by atoms with Crippen molar-refractivity contribution < 1.29 is 74.1 Å². The molecule has 61 heavy (non-hydrogen) atoms. The number of hydrogen-bond donors (Lipinski definition) is 1. The van der Waals surface area contributed by atoms with E-state index in [4.69, 9.17) is 14.2 Å². The number of piperidine rings is 2. The van der Waals surface area contributed by atoms with Crippen LogP contribution in [0.1, 0.15) is 101 Å². The van der Waals surface area contributed by atoms with Gasteiger partial charge < -0.3 is 51.7 Å². The molecule has 2 unspecified atom stereocenters. The molecule has 3 saturated heterocycles. The molecule has 2 aromatic carbocycles. The summed E-state index contributed by atoms with van der Waals surface area (Å²) in [6.07, 6.45) is 4.12. The van der Waals surface area contributed by atoms with Crippen LogP contribution in [0.4, 0.5) is 26.3 Å². The Hall–Kier alpha value is -2.03. The Labute approximate surface area is 383 Å². The average molecular weight is 975 g/mol. The van der Waals surface area contributed by atoms with Gasteiger partial charge in [0, 0.05) is 70.0 Å². The molecule has 2 aliphatic carbocycles. The standard InChI is InChI=1S/C20H24F3NO3.C20H28F3NO2.C4H8O.CH2I.Li/c21-20(22,23)16-5-9-18(10-6-16)27-13-14-2-1-11-24(12-14)19(26)15-3-7-17(25)8-4-15;21-20(22,23)17-5-9-19(10-6-17)26-14-16-2-1-11-24(13-16)12-15-3-7-18(25)8-4-15;1-2-4-5-3-1;1-2;/h5-6,9-10,14-15H,1-4,7-8,11-13H2;5-6,9-10,15-16,18,25H,1-4,7-8,11-14H2;1-4H2;1H2;/q;;;-1;+1. The van der Waals surface area contributed by atoms with Gasteiger partial charge in [-0.3, -0.25) is 14.5 Å². The summed E-state index contributed by atoms with van der Waals surface area (Å²) in [6.45, 7) is 7.42. The number of rotatable bonds is 9. The molecular formula is C45H62F6ILiN2O6. The van der Waals surface area contributed by atoms with E-state index in [1.54, 1.807) is 0 Å². The number of nitrogens with zero attached hydrogens (tertiary/aromatic N) is 2. The SMILES string of the molecule is C1CCOC1.O=C1CCC(C(=O)N2CCCC(COc3ccc(C(F)(F)F)cc3)C2)CC1.OC1CCC(CN2CCCC(COc3ccc(C(F)(F)F)cc3)C2)CC1.[CH2-]I.[Li+]. The van der Waals surface area contributed by atoms with Crippen LogP contribution in [0.5, 0.6) is 11.5 Å². The van der Waals surface area contributed by atoms with Crippen molar-refractivity contribution in [2.24, 2.45) is 23.7 Å². The Morgan fingerprint density at radius 3 is 1.62 bits per heavy atom. The molecule has 0 spiro atoms. The Kier molecular flexibility index (Phi) is 23.9. The first-order valence-corrected chi connectivity index (χ1v) is 22.9. The number of hydrogen-bond acceptors (Lipinski definition) is 7. The van der Waals surface area contributed by atoms with Crippen LogP contribution in [0.15, 0.2) is 48.5 Å². The van der Waals surface area contributed by atoms with Gasteiger partial charge in [0.2, 0.25) is 5.91 Å². The summed E-state index contributed by atoms with van der Waals surface area (Å²) in [5.41, 5.74) is -1.35. The fraction of sp³-hybridized carbons (Fsp3) is 0.667. The molecule has 8 nitrogen and oxygen atoms in total. The molecule has 3 aliphatic heterocycles. The monoisotopic (exact) mass is 974 g/mol. The van der Waals surface area contributed by atoms with Crippen molar-refractivity contribution in [3.63, 3.8) is 0 Å². The van der Waals surface area contributed by atoms with Gasteiger partial charge in [-0.1, -0.05) is 0 Å². The number of ether oxygens (including phenoxy) is 3. The van der Waals surface area contributed by atoms with Crippen LogP contribution in [-0.2, 0) is 26.7 Å². The number of carbonyl (C=O) groups excluding carboxylic acids is 2. The van der Waals surface area contributed by atoms with Crippen LogP contribution in [-0.4, -0.2) is 91.9 Å². The zero-order chi connectivity index (χ0) is 43.5. The van der Waals surface area contributed by atoms with E-state index in [0.29, 0.717) is 68.8 Å². The van der Waals surface area contributed by atoms with Gasteiger partial charge in [0.05, 0.1) is 30.4 Å². The molecule has 1 amide bonds. The zero-order valence-corrected chi connectivity index (χ0v) is 37.7. The maximum Gasteiger partial charge on any atom is 1.00 e. The average Bonchev–Trinajstić information content (AvgIpc) is 3.85. The van der Waals surface area contributed by atoms with Crippen LogP contribution in [0, 0.1) is 28.6 Å². The number of halogens is 7. The Morgan fingerprint density at radius 1 is 0.689 bits per heavy atom. The molecule has 0 radical (unpaired) electrons. The van der Waals surface area contributed by atoms with Gasteiger partial charge in [0.25, 0.3) is 0 Å². The summed E-state index contributed by atoms with van der Waals surface area (Å²) in [5, 5.41) is 9.62. The Morgan fingerprint density at radius 2 is 1.16 bits per heavy atom. The van der Waals surface area contributed by atoms with E-state index in [-0.39, 0.29) is 48.5 Å². The van der Waals surface area contributed by atoms with E-state index in [1.807, 2.05) is 27.5 Å². The van der Waals surface area contributed by atoms with Gasteiger partial charge in [0.1, 0.15) is 17.3 Å². The van der Waals surface area contributed by atoms with E-state index in [1.165, 1.54) is 37.1 Å². The minimum Gasteiger partial charge on any atom is -0.493 e. The van der Waals surface area contributed by atoms with E-state index < -0.39 is 23.5 Å².